The summed E-state index contributed by atoms with van der Waals surface area (Å²) in [5.41, 5.74) is 0.241. The molecular weight excluding hydrogens is 523 g/mol. The van der Waals surface area contributed by atoms with Gasteiger partial charge in [0, 0.05) is 51.7 Å². The molecule has 32 heavy (non-hydrogen) atoms. The molecule has 1 aliphatic heterocycles. The van der Waals surface area contributed by atoms with Gasteiger partial charge in [-0.2, -0.15) is 0 Å². The minimum atomic E-state index is -0.239. The molecule has 2 N–H and O–H groups in total. The first-order valence-corrected chi connectivity index (χ1v) is 11.6. The molecule has 0 radical (unpaired) electrons. The monoisotopic (exact) mass is 566 g/mol. The third kappa shape index (κ3) is 9.29. The molecule has 9 nitrogen and oxygen atoms in total. The Morgan fingerprint density at radius 3 is 2.28 bits per heavy atom. The number of hydrogen-bond donors (Lipinski definition) is 2. The molecule has 0 aromatic carbocycles. The fraction of sp³-hybridized carbons (Fsp3) is 0.864. The number of likely N-dealkylation sites (tertiary alicyclic amines) is 1. The zero-order chi connectivity index (χ0) is 22.9. The number of halogens is 1. The normalized spacial score (nSPS) is 18.8. The van der Waals surface area contributed by atoms with Crippen molar-refractivity contribution in [1.29, 1.82) is 0 Å². The summed E-state index contributed by atoms with van der Waals surface area (Å²) in [6.07, 6.45) is 6.35. The summed E-state index contributed by atoms with van der Waals surface area (Å²) in [7, 11) is 7.74. The molecule has 2 amide bonds. The minimum Gasteiger partial charge on any atom is -0.450 e. The van der Waals surface area contributed by atoms with Crippen molar-refractivity contribution < 1.29 is 14.3 Å². The first kappa shape index (κ1) is 28.7. The van der Waals surface area contributed by atoms with Crippen molar-refractivity contribution in [1.82, 2.24) is 25.3 Å². The number of carbonyl (C=O) groups is 2. The van der Waals surface area contributed by atoms with Crippen LogP contribution in [0.5, 0.6) is 0 Å². The van der Waals surface area contributed by atoms with Crippen LogP contribution in [0.3, 0.4) is 0 Å². The van der Waals surface area contributed by atoms with E-state index in [1.54, 1.807) is 23.9 Å². The maximum atomic E-state index is 12.1. The second-order valence-electron chi connectivity index (χ2n) is 9.36. The third-order valence-electron chi connectivity index (χ3n) is 6.18. The lowest BCUT2D eigenvalue weighted by Gasteiger charge is -2.35. The Hall–Kier alpha value is -1.30. The van der Waals surface area contributed by atoms with Gasteiger partial charge in [0.05, 0.1) is 6.61 Å². The zero-order valence-corrected chi connectivity index (χ0v) is 22.8. The predicted octanol–water partition coefficient (Wildman–Crippen LogP) is 1.97. The van der Waals surface area contributed by atoms with Gasteiger partial charge in [-0.1, -0.05) is 12.8 Å². The number of amides is 2. The van der Waals surface area contributed by atoms with E-state index in [1.807, 2.05) is 6.92 Å². The highest BCUT2D eigenvalue weighted by molar-refractivity contribution is 14.0. The van der Waals surface area contributed by atoms with Gasteiger partial charge < -0.3 is 30.1 Å². The number of piperidine rings is 1. The van der Waals surface area contributed by atoms with E-state index in [4.69, 9.17) is 4.74 Å². The van der Waals surface area contributed by atoms with Crippen LogP contribution in [-0.4, -0.2) is 106 Å². The van der Waals surface area contributed by atoms with Crippen molar-refractivity contribution in [3.05, 3.63) is 0 Å². The molecule has 186 valence electrons. The van der Waals surface area contributed by atoms with Crippen LogP contribution < -0.4 is 10.6 Å². The molecule has 2 fully saturated rings. The van der Waals surface area contributed by atoms with E-state index in [9.17, 15) is 9.59 Å². The van der Waals surface area contributed by atoms with Gasteiger partial charge in [0.1, 0.15) is 6.54 Å². The number of nitrogens with zero attached hydrogens (tertiary/aromatic N) is 4. The summed E-state index contributed by atoms with van der Waals surface area (Å²) in [4.78, 5) is 34.2. The Bertz CT molecular complexity index is 615. The number of hydrogen-bond acceptors (Lipinski definition) is 5. The molecule has 0 atom stereocenters. The molecule has 2 aliphatic rings. The highest BCUT2D eigenvalue weighted by Crippen LogP contribution is 2.37. The maximum Gasteiger partial charge on any atom is 0.409 e. The van der Waals surface area contributed by atoms with Crippen molar-refractivity contribution in [2.24, 2.45) is 10.4 Å². The van der Waals surface area contributed by atoms with Crippen LogP contribution in [0.2, 0.25) is 0 Å². The number of guanidine groups is 1. The lowest BCUT2D eigenvalue weighted by Crippen LogP contribution is -2.52. The van der Waals surface area contributed by atoms with E-state index in [2.05, 4.69) is 34.6 Å². The van der Waals surface area contributed by atoms with Crippen molar-refractivity contribution in [3.63, 3.8) is 0 Å². The number of ether oxygens (including phenoxy) is 1. The molecule has 10 heteroatoms. The fourth-order valence-electron chi connectivity index (χ4n) is 4.51. The van der Waals surface area contributed by atoms with Crippen LogP contribution in [-0.2, 0) is 9.53 Å². The molecule has 1 aliphatic carbocycles. The molecule has 0 aromatic rings. The second kappa shape index (κ2) is 14.1. The molecule has 1 heterocycles. The lowest BCUT2D eigenvalue weighted by molar-refractivity contribution is -0.127. The van der Waals surface area contributed by atoms with Gasteiger partial charge in [0.2, 0.25) is 5.91 Å². The average Bonchev–Trinajstić information content (AvgIpc) is 3.18. The minimum absolute atomic E-state index is 0. The van der Waals surface area contributed by atoms with E-state index in [1.165, 1.54) is 25.7 Å². The van der Waals surface area contributed by atoms with E-state index < -0.39 is 0 Å². The Morgan fingerprint density at radius 1 is 1.12 bits per heavy atom. The van der Waals surface area contributed by atoms with E-state index >= 15 is 0 Å². The SMILES string of the molecule is CCOC(=O)N1CCC(NC(=NCC(=O)N(C)C)NCC2(CN(C)C)CCCC2)CC1.I. The van der Waals surface area contributed by atoms with Crippen molar-refractivity contribution in [2.75, 3.05) is 67.5 Å². The quantitative estimate of drug-likeness (QED) is 0.266. The van der Waals surface area contributed by atoms with Crippen LogP contribution >= 0.6 is 24.0 Å². The summed E-state index contributed by atoms with van der Waals surface area (Å²) in [5.74, 6) is 0.664. The number of rotatable bonds is 8. The number of carbonyl (C=O) groups excluding carboxylic acids is 2. The van der Waals surface area contributed by atoms with Crippen LogP contribution in [0.25, 0.3) is 0 Å². The average molecular weight is 567 g/mol. The largest absolute Gasteiger partial charge is 0.450 e. The molecule has 1 saturated carbocycles. The lowest BCUT2D eigenvalue weighted by atomic mass is 9.85. The number of aliphatic imine (C=N–C) groups is 1. The Kier molecular flexibility index (Phi) is 12.6. The first-order chi connectivity index (χ1) is 14.7. The van der Waals surface area contributed by atoms with E-state index in [0.717, 1.165) is 25.9 Å². The van der Waals surface area contributed by atoms with Gasteiger partial charge in [0.15, 0.2) is 5.96 Å². The summed E-state index contributed by atoms with van der Waals surface area (Å²) in [6, 6.07) is 0.208. The summed E-state index contributed by atoms with van der Waals surface area (Å²) >= 11 is 0. The summed E-state index contributed by atoms with van der Waals surface area (Å²) in [5, 5.41) is 7.05. The van der Waals surface area contributed by atoms with Gasteiger partial charge in [-0.25, -0.2) is 9.79 Å². The number of likely N-dealkylation sites (N-methyl/N-ethyl adjacent to an activating group) is 1. The van der Waals surface area contributed by atoms with Crippen LogP contribution in [0, 0.1) is 5.41 Å². The molecule has 0 spiro atoms. The molecule has 1 saturated heterocycles. The highest BCUT2D eigenvalue weighted by Gasteiger charge is 2.34. The summed E-state index contributed by atoms with van der Waals surface area (Å²) < 4.78 is 5.11. The first-order valence-electron chi connectivity index (χ1n) is 11.6. The number of nitrogens with one attached hydrogen (secondary N) is 2. The Labute approximate surface area is 210 Å². The van der Waals surface area contributed by atoms with E-state index in [0.29, 0.717) is 25.7 Å². The molecule has 2 rings (SSSR count). The van der Waals surface area contributed by atoms with Crippen LogP contribution in [0.15, 0.2) is 4.99 Å². The zero-order valence-electron chi connectivity index (χ0n) is 20.5. The third-order valence-corrected chi connectivity index (χ3v) is 6.18. The van der Waals surface area contributed by atoms with Gasteiger partial charge in [0.25, 0.3) is 0 Å². The topological polar surface area (TPSA) is 89.5 Å². The summed E-state index contributed by atoms with van der Waals surface area (Å²) in [6.45, 7) is 5.53. The van der Waals surface area contributed by atoms with Gasteiger partial charge >= 0.3 is 6.09 Å². The van der Waals surface area contributed by atoms with E-state index in [-0.39, 0.29) is 54.0 Å². The standard InChI is InChI=1S/C22H42N6O3.HI/c1-6-31-21(30)28-13-9-18(10-14-28)25-20(23-15-19(29)27(4)5)24-16-22(17-26(2)3)11-7-8-12-22;/h18H,6-17H2,1-5H3,(H2,23,24,25);1H. The molecule has 0 bridgehead atoms. The smallest absolute Gasteiger partial charge is 0.409 e. The molecular formula is C22H43IN6O3. The van der Waals surface area contributed by atoms with Crippen molar-refractivity contribution in [2.45, 2.75) is 51.5 Å². The fourth-order valence-corrected chi connectivity index (χ4v) is 4.51. The Balaban J connectivity index is 0.00000512. The van der Waals surface area contributed by atoms with Crippen molar-refractivity contribution in [3.8, 4) is 0 Å². The molecule has 0 aromatic heterocycles. The van der Waals surface area contributed by atoms with Crippen LogP contribution in [0.4, 0.5) is 4.79 Å². The second-order valence-corrected chi connectivity index (χ2v) is 9.36. The highest BCUT2D eigenvalue weighted by atomic mass is 127. The van der Waals surface area contributed by atoms with Crippen molar-refractivity contribution >= 4 is 41.9 Å². The molecule has 0 unspecified atom stereocenters. The van der Waals surface area contributed by atoms with Gasteiger partial charge in [-0.05, 0) is 46.7 Å². The van der Waals surface area contributed by atoms with Crippen LogP contribution in [0.1, 0.15) is 45.4 Å². The Morgan fingerprint density at radius 2 is 1.75 bits per heavy atom. The van der Waals surface area contributed by atoms with Gasteiger partial charge in [-0.15, -0.1) is 24.0 Å². The van der Waals surface area contributed by atoms with Gasteiger partial charge in [-0.3, -0.25) is 4.79 Å². The predicted molar refractivity (Wildman–Crippen MR) is 139 cm³/mol. The maximum absolute atomic E-state index is 12.1.